The molecule has 6 rings (SSSR count). The van der Waals surface area contributed by atoms with Gasteiger partial charge in [-0.1, -0.05) is 36.4 Å². The monoisotopic (exact) mass is 493 g/mol. The second-order valence-corrected chi connectivity index (χ2v) is 8.43. The zero-order valence-electron chi connectivity index (χ0n) is 19.2. The topological polar surface area (TPSA) is 119 Å². The van der Waals surface area contributed by atoms with E-state index in [0.29, 0.717) is 28.1 Å². The quantitative estimate of drug-likeness (QED) is 0.302. The molecule has 2 heterocycles. The molecule has 9 nitrogen and oxygen atoms in total. The molecular weight excluding hydrogens is 474 g/mol. The minimum absolute atomic E-state index is 0.0795. The van der Waals surface area contributed by atoms with Crippen molar-refractivity contribution in [1.29, 1.82) is 0 Å². The lowest BCUT2D eigenvalue weighted by Gasteiger charge is -2.12. The van der Waals surface area contributed by atoms with Gasteiger partial charge in [0, 0.05) is 27.7 Å². The molecule has 1 aliphatic rings. The van der Waals surface area contributed by atoms with E-state index in [1.807, 2.05) is 48.5 Å². The summed E-state index contributed by atoms with van der Waals surface area (Å²) < 4.78 is 12.1. The second kappa shape index (κ2) is 8.72. The Hall–Kier alpha value is -5.31. The van der Waals surface area contributed by atoms with Crippen molar-refractivity contribution in [3.05, 3.63) is 96.1 Å². The number of nitrogens with one attached hydrogen (secondary N) is 2. The minimum Gasteiger partial charge on any atom is -0.478 e. The number of fused-ring (bicyclic) bond motifs is 4. The van der Waals surface area contributed by atoms with Crippen LogP contribution in [0.3, 0.4) is 0 Å². The zero-order valence-corrected chi connectivity index (χ0v) is 19.2. The van der Waals surface area contributed by atoms with Crippen LogP contribution in [0.1, 0.15) is 20.7 Å². The molecule has 0 fully saturated rings. The van der Waals surface area contributed by atoms with E-state index in [-0.39, 0.29) is 23.7 Å². The summed E-state index contributed by atoms with van der Waals surface area (Å²) in [5.41, 5.74) is 2.06. The first-order valence-corrected chi connectivity index (χ1v) is 11.4. The second-order valence-electron chi connectivity index (χ2n) is 8.43. The number of rotatable bonds is 4. The number of aromatic carboxylic acids is 1. The molecule has 0 unspecified atom stereocenters. The first-order chi connectivity index (χ1) is 18.0. The van der Waals surface area contributed by atoms with Crippen molar-refractivity contribution in [2.45, 2.75) is 0 Å². The maximum Gasteiger partial charge on any atom is 0.335 e. The molecule has 9 heteroatoms. The van der Waals surface area contributed by atoms with Crippen LogP contribution < -0.4 is 20.1 Å². The molecule has 5 aromatic rings. The average Bonchev–Trinajstić information content (AvgIpc) is 3.50. The molecule has 0 atom stereocenters. The molecule has 1 aliphatic heterocycles. The molecule has 3 N–H and O–H groups in total. The Bertz CT molecular complexity index is 1690. The largest absolute Gasteiger partial charge is 0.478 e. The number of carboxylic acid groups (broad SMARTS) is 1. The molecular formula is C28H19N3O6. The van der Waals surface area contributed by atoms with Crippen LogP contribution in [-0.4, -0.2) is 34.4 Å². The summed E-state index contributed by atoms with van der Waals surface area (Å²) in [6.45, 7) is 0.0795. The van der Waals surface area contributed by atoms with Gasteiger partial charge in [0.15, 0.2) is 11.5 Å². The molecule has 1 aromatic heterocycles. The van der Waals surface area contributed by atoms with Gasteiger partial charge in [-0.25, -0.2) is 9.59 Å². The van der Waals surface area contributed by atoms with E-state index in [1.54, 1.807) is 22.8 Å². The van der Waals surface area contributed by atoms with Crippen molar-refractivity contribution in [2.75, 3.05) is 17.4 Å². The lowest BCUT2D eigenvalue weighted by molar-refractivity contribution is 0.0696. The normalized spacial score (nSPS) is 12.0. The molecule has 37 heavy (non-hydrogen) atoms. The SMILES string of the molecule is O=C(O)c1cc(NC(=O)c2ccc3c(c2)OCO3)cc(NC(=O)n2c3ccccc3c3ccccc32)c1. The fraction of sp³-hybridized carbons (Fsp3) is 0.0357. The average molecular weight is 493 g/mol. The molecule has 0 saturated heterocycles. The van der Waals surface area contributed by atoms with E-state index < -0.39 is 17.9 Å². The summed E-state index contributed by atoms with van der Waals surface area (Å²) in [4.78, 5) is 38.1. The highest BCUT2D eigenvalue weighted by Crippen LogP contribution is 2.33. The number of para-hydroxylation sites is 2. The van der Waals surface area contributed by atoms with Gasteiger partial charge in [-0.05, 0) is 48.5 Å². The number of benzene rings is 4. The van der Waals surface area contributed by atoms with Crippen LogP contribution in [0.25, 0.3) is 21.8 Å². The number of aromatic nitrogens is 1. The summed E-state index contributed by atoms with van der Waals surface area (Å²) in [5, 5.41) is 17.0. The molecule has 0 aliphatic carbocycles. The highest BCUT2D eigenvalue weighted by molar-refractivity contribution is 6.15. The number of ether oxygens (including phenoxy) is 2. The summed E-state index contributed by atoms with van der Waals surface area (Å²) >= 11 is 0. The van der Waals surface area contributed by atoms with Gasteiger partial charge in [-0.15, -0.1) is 0 Å². The number of anilines is 2. The van der Waals surface area contributed by atoms with E-state index in [9.17, 15) is 19.5 Å². The summed E-state index contributed by atoms with van der Waals surface area (Å²) in [5.74, 6) is -0.683. The van der Waals surface area contributed by atoms with E-state index >= 15 is 0 Å². The Morgan fingerprint density at radius 2 is 1.32 bits per heavy atom. The van der Waals surface area contributed by atoms with Gasteiger partial charge in [0.05, 0.1) is 16.6 Å². The van der Waals surface area contributed by atoms with Crippen LogP contribution in [-0.2, 0) is 0 Å². The summed E-state index contributed by atoms with van der Waals surface area (Å²) in [6.07, 6.45) is 0. The molecule has 2 amide bonds. The molecule has 0 bridgehead atoms. The predicted molar refractivity (Wildman–Crippen MR) is 138 cm³/mol. The first-order valence-electron chi connectivity index (χ1n) is 11.4. The fourth-order valence-electron chi connectivity index (χ4n) is 4.46. The Labute approximate surface area is 209 Å². The predicted octanol–water partition coefficient (Wildman–Crippen LogP) is 5.55. The van der Waals surface area contributed by atoms with Gasteiger partial charge < -0.3 is 25.2 Å². The van der Waals surface area contributed by atoms with E-state index in [1.165, 1.54) is 18.2 Å². The van der Waals surface area contributed by atoms with E-state index in [0.717, 1.165) is 10.8 Å². The van der Waals surface area contributed by atoms with Gasteiger partial charge in [-0.2, -0.15) is 0 Å². The molecule has 0 spiro atoms. The third-order valence-corrected chi connectivity index (χ3v) is 6.11. The van der Waals surface area contributed by atoms with Crippen molar-refractivity contribution in [3.8, 4) is 11.5 Å². The number of nitrogens with zero attached hydrogens (tertiary/aromatic N) is 1. The van der Waals surface area contributed by atoms with Gasteiger partial charge in [0.2, 0.25) is 6.79 Å². The number of hydrogen-bond acceptors (Lipinski definition) is 5. The molecule has 0 saturated carbocycles. The molecule has 182 valence electrons. The standard InChI is InChI=1S/C28H19N3O6/c32-26(16-9-10-24-25(13-16)37-15-36-24)29-18-11-17(27(33)34)12-19(14-18)30-28(35)31-22-7-3-1-5-20(22)21-6-2-4-8-23(21)31/h1-14H,15H2,(H,29,32)(H,30,35)(H,33,34). The van der Waals surface area contributed by atoms with E-state index in [2.05, 4.69) is 10.6 Å². The number of carbonyl (C=O) groups is 3. The smallest absolute Gasteiger partial charge is 0.335 e. The minimum atomic E-state index is -1.20. The van der Waals surface area contributed by atoms with Gasteiger partial charge in [0.25, 0.3) is 5.91 Å². The third-order valence-electron chi connectivity index (χ3n) is 6.11. The third kappa shape index (κ3) is 3.98. The molecule has 4 aromatic carbocycles. The van der Waals surface area contributed by atoms with Crippen LogP contribution in [0, 0.1) is 0 Å². The molecule has 0 radical (unpaired) electrons. The summed E-state index contributed by atoms with van der Waals surface area (Å²) in [7, 11) is 0. The highest BCUT2D eigenvalue weighted by atomic mass is 16.7. The van der Waals surface area contributed by atoms with E-state index in [4.69, 9.17) is 9.47 Å². The lowest BCUT2D eigenvalue weighted by atomic mass is 10.1. The van der Waals surface area contributed by atoms with Crippen molar-refractivity contribution in [2.24, 2.45) is 0 Å². The lowest BCUT2D eigenvalue weighted by Crippen LogP contribution is -2.20. The van der Waals surface area contributed by atoms with Crippen LogP contribution in [0.5, 0.6) is 11.5 Å². The number of hydrogen-bond donors (Lipinski definition) is 3. The first kappa shape index (κ1) is 22.2. The van der Waals surface area contributed by atoms with Crippen LogP contribution in [0.4, 0.5) is 16.2 Å². The highest BCUT2D eigenvalue weighted by Gasteiger charge is 2.19. The maximum atomic E-state index is 13.4. The van der Waals surface area contributed by atoms with Gasteiger partial charge in [0.1, 0.15) is 0 Å². The Morgan fingerprint density at radius 1 is 0.703 bits per heavy atom. The zero-order chi connectivity index (χ0) is 25.5. The van der Waals surface area contributed by atoms with Gasteiger partial charge >= 0.3 is 12.0 Å². The Kier molecular flexibility index (Phi) is 5.23. The maximum absolute atomic E-state index is 13.4. The number of amides is 2. The summed E-state index contributed by atoms with van der Waals surface area (Å²) in [6, 6.07) is 23.5. The fourth-order valence-corrected chi connectivity index (χ4v) is 4.46. The van der Waals surface area contributed by atoms with Crippen molar-refractivity contribution in [3.63, 3.8) is 0 Å². The van der Waals surface area contributed by atoms with Crippen LogP contribution in [0.2, 0.25) is 0 Å². The van der Waals surface area contributed by atoms with Crippen molar-refractivity contribution >= 4 is 51.1 Å². The van der Waals surface area contributed by atoms with Crippen LogP contribution >= 0.6 is 0 Å². The Balaban J connectivity index is 1.33. The van der Waals surface area contributed by atoms with Crippen LogP contribution in [0.15, 0.2) is 84.9 Å². The number of carboxylic acids is 1. The van der Waals surface area contributed by atoms with Crippen molar-refractivity contribution < 1.29 is 29.0 Å². The van der Waals surface area contributed by atoms with Gasteiger partial charge in [-0.3, -0.25) is 9.36 Å². The van der Waals surface area contributed by atoms with Crippen molar-refractivity contribution in [1.82, 2.24) is 4.57 Å². The number of carbonyl (C=O) groups excluding carboxylic acids is 2. The Morgan fingerprint density at radius 3 is 2.00 bits per heavy atom.